The number of hydrogen-bond donors (Lipinski definition) is 2. The Morgan fingerprint density at radius 2 is 1.64 bits per heavy atom. The summed E-state index contributed by atoms with van der Waals surface area (Å²) in [6, 6.07) is 24.5. The van der Waals surface area contributed by atoms with E-state index >= 15 is 0 Å². The third-order valence-electron chi connectivity index (χ3n) is 10.2. The summed E-state index contributed by atoms with van der Waals surface area (Å²) in [5, 5.41) is 5.72. The molecule has 8 rings (SSSR count). The number of aromatic nitrogens is 4. The van der Waals surface area contributed by atoms with Crippen molar-refractivity contribution >= 4 is 34.6 Å². The van der Waals surface area contributed by atoms with Gasteiger partial charge in [-0.25, -0.2) is 23.7 Å². The van der Waals surface area contributed by atoms with Crippen LogP contribution in [0, 0.1) is 11.6 Å². The Bertz CT molecular complexity index is 2240. The van der Waals surface area contributed by atoms with E-state index in [1.54, 1.807) is 37.6 Å². The average molecular weight is 715 g/mol. The van der Waals surface area contributed by atoms with Gasteiger partial charge in [0.05, 0.1) is 29.9 Å². The fourth-order valence-electron chi connectivity index (χ4n) is 7.48. The maximum absolute atomic E-state index is 14.3. The third-order valence-corrected chi connectivity index (χ3v) is 10.2. The fourth-order valence-corrected chi connectivity index (χ4v) is 7.48. The van der Waals surface area contributed by atoms with E-state index in [0.29, 0.717) is 46.0 Å². The Kier molecular flexibility index (Phi) is 9.68. The largest absolute Gasteiger partial charge is 0.494 e. The molecule has 6 aromatic rings. The Morgan fingerprint density at radius 1 is 0.849 bits per heavy atom. The predicted molar refractivity (Wildman–Crippen MR) is 203 cm³/mol. The van der Waals surface area contributed by atoms with Crippen molar-refractivity contribution in [2.75, 3.05) is 48.8 Å². The molecule has 2 aliphatic heterocycles. The molecule has 2 N–H and O–H groups in total. The van der Waals surface area contributed by atoms with Crippen molar-refractivity contribution in [3.05, 3.63) is 115 Å². The molecule has 2 fully saturated rings. The number of amides is 1. The van der Waals surface area contributed by atoms with Gasteiger partial charge in [0.1, 0.15) is 28.7 Å². The molecular formula is C41H40F2N8O2. The van der Waals surface area contributed by atoms with Crippen LogP contribution in [0.5, 0.6) is 5.75 Å². The van der Waals surface area contributed by atoms with Crippen molar-refractivity contribution < 1.29 is 18.3 Å². The van der Waals surface area contributed by atoms with Gasteiger partial charge in [-0.15, -0.1) is 0 Å². The molecule has 0 radical (unpaired) electrons. The summed E-state index contributed by atoms with van der Waals surface area (Å²) >= 11 is 0. The number of methoxy groups -OCH3 is 1. The molecule has 0 saturated carbocycles. The molecule has 1 amide bonds. The highest BCUT2D eigenvalue weighted by Gasteiger charge is 2.26. The summed E-state index contributed by atoms with van der Waals surface area (Å²) in [6.07, 6.45) is 9.89. The van der Waals surface area contributed by atoms with Gasteiger partial charge in [-0.1, -0.05) is 30.7 Å². The molecule has 0 spiro atoms. The number of likely N-dealkylation sites (tertiary alicyclic amines) is 1. The summed E-state index contributed by atoms with van der Waals surface area (Å²) in [5.74, 6) is -1.32. The van der Waals surface area contributed by atoms with Gasteiger partial charge in [0.25, 0.3) is 5.91 Å². The molecule has 270 valence electrons. The highest BCUT2D eigenvalue weighted by Crippen LogP contribution is 2.36. The third kappa shape index (κ3) is 7.14. The van der Waals surface area contributed by atoms with E-state index in [1.807, 2.05) is 40.9 Å². The van der Waals surface area contributed by atoms with Crippen LogP contribution in [-0.2, 0) is 0 Å². The molecule has 53 heavy (non-hydrogen) atoms. The zero-order chi connectivity index (χ0) is 36.3. The molecule has 2 aliphatic rings. The zero-order valence-corrected chi connectivity index (χ0v) is 29.4. The minimum Gasteiger partial charge on any atom is -0.494 e. The Labute approximate surface area is 306 Å². The SMILES string of the molecule is COc1cc(N2CCC(N3CCCCC3)CC2)ccc1Nc1nccc(-c2c(-c3cccc(C(=O)Nc4c(F)cccc4F)c3)nc3ccccn23)n1. The molecule has 0 unspecified atom stereocenters. The van der Waals surface area contributed by atoms with Crippen molar-refractivity contribution in [3.8, 4) is 28.4 Å². The Balaban J connectivity index is 1.05. The van der Waals surface area contributed by atoms with E-state index in [-0.39, 0.29) is 5.56 Å². The Hall–Kier alpha value is -5.88. The van der Waals surface area contributed by atoms with Crippen LogP contribution in [0.25, 0.3) is 28.3 Å². The predicted octanol–water partition coefficient (Wildman–Crippen LogP) is 8.20. The van der Waals surface area contributed by atoms with Gasteiger partial charge < -0.3 is 25.2 Å². The molecular weight excluding hydrogens is 675 g/mol. The summed E-state index contributed by atoms with van der Waals surface area (Å²) < 4.78 is 36.4. The second kappa shape index (κ2) is 15.0. The van der Waals surface area contributed by atoms with E-state index in [9.17, 15) is 13.6 Å². The van der Waals surface area contributed by atoms with E-state index in [2.05, 4.69) is 37.6 Å². The van der Waals surface area contributed by atoms with Crippen LogP contribution >= 0.6 is 0 Å². The van der Waals surface area contributed by atoms with Gasteiger partial charge in [-0.2, -0.15) is 0 Å². The number of rotatable bonds is 9. The lowest BCUT2D eigenvalue weighted by molar-refractivity contribution is 0.102. The summed E-state index contributed by atoms with van der Waals surface area (Å²) in [5.41, 5.74) is 4.70. The quantitative estimate of drug-likeness (QED) is 0.155. The molecule has 3 aromatic heterocycles. The van der Waals surface area contributed by atoms with E-state index in [4.69, 9.17) is 14.7 Å². The van der Waals surface area contributed by atoms with Crippen LogP contribution in [0.15, 0.2) is 97.3 Å². The maximum atomic E-state index is 14.3. The number of ether oxygens (including phenoxy) is 1. The summed E-state index contributed by atoms with van der Waals surface area (Å²) in [6.45, 7) is 4.49. The molecule has 12 heteroatoms. The summed E-state index contributed by atoms with van der Waals surface area (Å²) in [4.78, 5) is 32.6. The van der Waals surface area contributed by atoms with Crippen LogP contribution in [0.2, 0.25) is 0 Å². The normalized spacial score (nSPS) is 15.4. The number of fused-ring (bicyclic) bond motifs is 1. The number of benzene rings is 3. The lowest BCUT2D eigenvalue weighted by Gasteiger charge is -2.41. The van der Waals surface area contributed by atoms with E-state index < -0.39 is 23.2 Å². The molecule has 10 nitrogen and oxygen atoms in total. The number of nitrogens with one attached hydrogen (secondary N) is 2. The maximum Gasteiger partial charge on any atom is 0.255 e. The van der Waals surface area contributed by atoms with Crippen LogP contribution in [-0.4, -0.2) is 69.5 Å². The van der Waals surface area contributed by atoms with Crippen molar-refractivity contribution in [1.82, 2.24) is 24.3 Å². The number of para-hydroxylation sites is 1. The monoisotopic (exact) mass is 714 g/mol. The molecule has 3 aromatic carbocycles. The van der Waals surface area contributed by atoms with Crippen molar-refractivity contribution in [1.29, 1.82) is 0 Å². The number of pyridine rings is 1. The first kappa shape index (κ1) is 34.2. The van der Waals surface area contributed by atoms with Gasteiger partial charge >= 0.3 is 0 Å². The number of piperidine rings is 2. The lowest BCUT2D eigenvalue weighted by Crippen LogP contribution is -2.46. The van der Waals surface area contributed by atoms with Gasteiger partial charge in [0.15, 0.2) is 0 Å². The van der Waals surface area contributed by atoms with Gasteiger partial charge in [-0.3, -0.25) is 9.20 Å². The number of carbonyl (C=O) groups excluding carboxylic acids is 1. The molecule has 0 aliphatic carbocycles. The number of carbonyl (C=O) groups is 1. The minimum absolute atomic E-state index is 0.208. The van der Waals surface area contributed by atoms with Gasteiger partial charge in [0.2, 0.25) is 5.95 Å². The average Bonchev–Trinajstić information content (AvgIpc) is 3.60. The van der Waals surface area contributed by atoms with Crippen molar-refractivity contribution in [2.24, 2.45) is 0 Å². The topological polar surface area (TPSA) is 99.9 Å². The summed E-state index contributed by atoms with van der Waals surface area (Å²) in [7, 11) is 1.66. The molecule has 0 atom stereocenters. The first-order valence-electron chi connectivity index (χ1n) is 18.1. The first-order chi connectivity index (χ1) is 25.9. The number of nitrogens with zero attached hydrogens (tertiary/aromatic N) is 6. The van der Waals surface area contributed by atoms with E-state index in [0.717, 1.165) is 36.6 Å². The van der Waals surface area contributed by atoms with Crippen LogP contribution < -0.4 is 20.3 Å². The standard InChI is InChI=1S/C41H40F2N8O2/c1-53-35-26-30(50-23-17-29(18-24-50)49-20-4-2-5-21-49)14-15-33(35)45-41-44-19-16-34(46-41)39-37(47-36-13-3-6-22-51(36)39)27-9-7-10-28(25-27)40(52)48-38-31(42)11-8-12-32(38)43/h3,6-16,19,22,25-26,29H,2,4-5,17-18,20-21,23-24H2,1H3,(H,48,52)(H,44,45,46). The van der Waals surface area contributed by atoms with E-state index in [1.165, 1.54) is 51.3 Å². The molecule has 5 heterocycles. The van der Waals surface area contributed by atoms with Crippen molar-refractivity contribution in [3.63, 3.8) is 0 Å². The zero-order valence-electron chi connectivity index (χ0n) is 29.4. The van der Waals surface area contributed by atoms with Crippen LogP contribution in [0.4, 0.5) is 31.8 Å². The lowest BCUT2D eigenvalue weighted by atomic mass is 9.99. The highest BCUT2D eigenvalue weighted by atomic mass is 19.1. The van der Waals surface area contributed by atoms with Gasteiger partial charge in [0, 0.05) is 54.4 Å². The number of imidazole rings is 1. The van der Waals surface area contributed by atoms with Gasteiger partial charge in [-0.05, 0) is 93.4 Å². The fraction of sp³-hybridized carbons (Fsp3) is 0.268. The molecule has 0 bridgehead atoms. The number of halogens is 2. The second-order valence-electron chi connectivity index (χ2n) is 13.5. The number of hydrogen-bond acceptors (Lipinski definition) is 8. The smallest absolute Gasteiger partial charge is 0.255 e. The first-order valence-corrected chi connectivity index (χ1v) is 18.1. The van der Waals surface area contributed by atoms with Crippen LogP contribution in [0.3, 0.4) is 0 Å². The highest BCUT2D eigenvalue weighted by molar-refractivity contribution is 6.05. The van der Waals surface area contributed by atoms with Crippen LogP contribution in [0.1, 0.15) is 42.5 Å². The molecule has 2 saturated heterocycles. The minimum atomic E-state index is -0.859. The van der Waals surface area contributed by atoms with Crippen molar-refractivity contribution in [2.45, 2.75) is 38.1 Å². The number of anilines is 4. The Morgan fingerprint density at radius 3 is 2.43 bits per heavy atom. The second-order valence-corrected chi connectivity index (χ2v) is 13.5.